The number of nitrogens with one attached hydrogen (secondary N) is 1. The fourth-order valence-corrected chi connectivity index (χ4v) is 3.93. The van der Waals surface area contributed by atoms with Crippen molar-refractivity contribution in [3.05, 3.63) is 72.2 Å². The molecule has 156 valence electrons. The average molecular weight is 414 g/mol. The van der Waals surface area contributed by atoms with Crippen LogP contribution in [-0.4, -0.2) is 49.4 Å². The zero-order valence-corrected chi connectivity index (χ0v) is 17.3. The summed E-state index contributed by atoms with van der Waals surface area (Å²) < 4.78 is 7.31. The van der Waals surface area contributed by atoms with E-state index in [2.05, 4.69) is 15.3 Å². The molecule has 1 aliphatic heterocycles. The van der Waals surface area contributed by atoms with E-state index in [-0.39, 0.29) is 11.9 Å². The SMILES string of the molecule is COc1ccccc1-c1cc(C(=O)N2CCn3nc(-c4ccccc4)nc3[C@@H]2C)[nH]n1. The minimum absolute atomic E-state index is 0.114. The Morgan fingerprint density at radius 2 is 1.87 bits per heavy atom. The van der Waals surface area contributed by atoms with Crippen molar-refractivity contribution in [1.29, 1.82) is 0 Å². The van der Waals surface area contributed by atoms with Crippen molar-refractivity contribution < 1.29 is 9.53 Å². The standard InChI is InChI=1S/C23H22N6O2/c1-15-22-24-21(16-8-4-3-5-9-16)27-29(22)13-12-28(15)23(30)19-14-18(25-26-19)17-10-6-7-11-20(17)31-2/h3-11,14-15H,12-13H2,1-2H3,(H,25,26)/t15-/m0/s1. The van der Waals surface area contributed by atoms with E-state index in [1.165, 1.54) is 0 Å². The highest BCUT2D eigenvalue weighted by molar-refractivity contribution is 5.94. The summed E-state index contributed by atoms with van der Waals surface area (Å²) in [5.74, 6) is 2.05. The van der Waals surface area contributed by atoms with Gasteiger partial charge in [0.25, 0.3) is 5.91 Å². The Bertz CT molecular complexity index is 1230. The Kier molecular flexibility index (Phi) is 4.74. The highest BCUT2D eigenvalue weighted by Gasteiger charge is 2.32. The molecule has 5 rings (SSSR count). The summed E-state index contributed by atoms with van der Waals surface area (Å²) in [6.45, 7) is 3.12. The van der Waals surface area contributed by atoms with Gasteiger partial charge in [-0.3, -0.25) is 9.89 Å². The average Bonchev–Trinajstić information content (AvgIpc) is 3.48. The molecule has 8 nitrogen and oxygen atoms in total. The lowest BCUT2D eigenvalue weighted by molar-refractivity contribution is 0.0624. The zero-order chi connectivity index (χ0) is 21.4. The van der Waals surface area contributed by atoms with E-state index in [1.807, 2.05) is 66.2 Å². The number of aromatic amines is 1. The molecule has 1 atom stereocenters. The topological polar surface area (TPSA) is 88.9 Å². The number of hydrogen-bond acceptors (Lipinski definition) is 5. The molecule has 0 spiro atoms. The third kappa shape index (κ3) is 3.35. The first-order valence-corrected chi connectivity index (χ1v) is 10.2. The van der Waals surface area contributed by atoms with Gasteiger partial charge in [-0.2, -0.15) is 10.2 Å². The number of ether oxygens (including phenoxy) is 1. The molecule has 8 heteroatoms. The maximum Gasteiger partial charge on any atom is 0.272 e. The van der Waals surface area contributed by atoms with Gasteiger partial charge in [0, 0.05) is 17.7 Å². The third-order valence-corrected chi connectivity index (χ3v) is 5.58. The highest BCUT2D eigenvalue weighted by Crippen LogP contribution is 2.30. The van der Waals surface area contributed by atoms with Crippen LogP contribution in [0.15, 0.2) is 60.7 Å². The molecule has 0 bridgehead atoms. The van der Waals surface area contributed by atoms with Gasteiger partial charge in [0.2, 0.25) is 0 Å². The molecule has 0 fully saturated rings. The number of carbonyl (C=O) groups is 1. The molecule has 1 aliphatic rings. The lowest BCUT2D eigenvalue weighted by atomic mass is 10.1. The van der Waals surface area contributed by atoms with Gasteiger partial charge in [0.1, 0.15) is 17.3 Å². The fourth-order valence-electron chi connectivity index (χ4n) is 3.93. The predicted octanol–water partition coefficient (Wildman–Crippen LogP) is 3.56. The maximum absolute atomic E-state index is 13.3. The molecule has 1 N–H and O–H groups in total. The molecule has 0 saturated heterocycles. The van der Waals surface area contributed by atoms with Crippen LogP contribution in [0, 0.1) is 0 Å². The van der Waals surface area contributed by atoms with Crippen LogP contribution in [0.25, 0.3) is 22.6 Å². The first kappa shape index (κ1) is 19.0. The van der Waals surface area contributed by atoms with Crippen LogP contribution in [-0.2, 0) is 6.54 Å². The third-order valence-electron chi connectivity index (χ3n) is 5.58. The van der Waals surface area contributed by atoms with Gasteiger partial charge < -0.3 is 9.64 Å². The number of methoxy groups -OCH3 is 1. The summed E-state index contributed by atoms with van der Waals surface area (Å²) in [5.41, 5.74) is 2.90. The first-order chi connectivity index (χ1) is 15.2. The summed E-state index contributed by atoms with van der Waals surface area (Å²) in [4.78, 5) is 19.8. The van der Waals surface area contributed by atoms with E-state index < -0.39 is 0 Å². The Morgan fingerprint density at radius 1 is 1.10 bits per heavy atom. The van der Waals surface area contributed by atoms with Crippen molar-refractivity contribution in [2.45, 2.75) is 19.5 Å². The van der Waals surface area contributed by atoms with Gasteiger partial charge in [-0.1, -0.05) is 42.5 Å². The molecule has 31 heavy (non-hydrogen) atoms. The summed E-state index contributed by atoms with van der Waals surface area (Å²) in [6, 6.07) is 19.0. The molecule has 0 unspecified atom stereocenters. The van der Waals surface area contributed by atoms with Crippen LogP contribution in [0.3, 0.4) is 0 Å². The number of amides is 1. The molecule has 4 aromatic rings. The number of benzene rings is 2. The minimum atomic E-state index is -0.204. The zero-order valence-electron chi connectivity index (χ0n) is 17.3. The molecule has 1 amide bonds. The van der Waals surface area contributed by atoms with Crippen LogP contribution >= 0.6 is 0 Å². The molecule has 2 aromatic carbocycles. The Hall–Kier alpha value is -3.94. The van der Waals surface area contributed by atoms with Gasteiger partial charge in [-0.15, -0.1) is 0 Å². The molecular formula is C23H22N6O2. The second kappa shape index (κ2) is 7.71. The minimum Gasteiger partial charge on any atom is -0.496 e. The van der Waals surface area contributed by atoms with E-state index in [0.29, 0.717) is 36.1 Å². The number of nitrogens with zero attached hydrogens (tertiary/aromatic N) is 5. The summed E-state index contributed by atoms with van der Waals surface area (Å²) in [7, 11) is 1.62. The van der Waals surface area contributed by atoms with Crippen LogP contribution in [0.4, 0.5) is 0 Å². The normalized spacial score (nSPS) is 15.5. The second-order valence-corrected chi connectivity index (χ2v) is 7.42. The number of hydrogen-bond donors (Lipinski definition) is 1. The van der Waals surface area contributed by atoms with E-state index in [9.17, 15) is 4.79 Å². The van der Waals surface area contributed by atoms with Gasteiger partial charge in [0.05, 0.1) is 25.4 Å². The second-order valence-electron chi connectivity index (χ2n) is 7.42. The van der Waals surface area contributed by atoms with E-state index in [1.54, 1.807) is 18.1 Å². The number of aromatic nitrogens is 5. The van der Waals surface area contributed by atoms with E-state index >= 15 is 0 Å². The molecule has 0 saturated carbocycles. The Labute approximate surface area is 179 Å². The summed E-state index contributed by atoms with van der Waals surface area (Å²) >= 11 is 0. The fraction of sp³-hybridized carbons (Fsp3) is 0.217. The summed E-state index contributed by atoms with van der Waals surface area (Å²) in [5, 5.41) is 11.9. The predicted molar refractivity (Wildman–Crippen MR) is 115 cm³/mol. The van der Waals surface area contributed by atoms with Gasteiger partial charge in [-0.05, 0) is 25.1 Å². The van der Waals surface area contributed by atoms with Crippen molar-refractivity contribution in [1.82, 2.24) is 29.9 Å². The van der Waals surface area contributed by atoms with Crippen molar-refractivity contribution in [2.24, 2.45) is 0 Å². The van der Waals surface area contributed by atoms with Gasteiger partial charge >= 0.3 is 0 Å². The van der Waals surface area contributed by atoms with Crippen molar-refractivity contribution in [3.8, 4) is 28.4 Å². The summed E-state index contributed by atoms with van der Waals surface area (Å²) in [6.07, 6.45) is 0. The van der Waals surface area contributed by atoms with E-state index in [4.69, 9.17) is 9.72 Å². The number of fused-ring (bicyclic) bond motifs is 1. The van der Waals surface area contributed by atoms with Crippen LogP contribution in [0.2, 0.25) is 0 Å². The largest absolute Gasteiger partial charge is 0.496 e. The van der Waals surface area contributed by atoms with Crippen molar-refractivity contribution >= 4 is 5.91 Å². The molecular weight excluding hydrogens is 392 g/mol. The van der Waals surface area contributed by atoms with Crippen molar-refractivity contribution in [3.63, 3.8) is 0 Å². The Morgan fingerprint density at radius 3 is 2.68 bits per heavy atom. The van der Waals surface area contributed by atoms with Crippen LogP contribution < -0.4 is 4.74 Å². The Balaban J connectivity index is 1.40. The maximum atomic E-state index is 13.3. The van der Waals surface area contributed by atoms with Crippen LogP contribution in [0.1, 0.15) is 29.3 Å². The van der Waals surface area contributed by atoms with Gasteiger partial charge in [-0.25, -0.2) is 9.67 Å². The van der Waals surface area contributed by atoms with Gasteiger partial charge in [0.15, 0.2) is 5.82 Å². The first-order valence-electron chi connectivity index (χ1n) is 10.2. The number of H-pyrrole nitrogens is 1. The number of carbonyl (C=O) groups excluding carboxylic acids is 1. The monoisotopic (exact) mass is 414 g/mol. The lowest BCUT2D eigenvalue weighted by Gasteiger charge is -2.32. The quantitative estimate of drug-likeness (QED) is 0.552. The van der Waals surface area contributed by atoms with Crippen LogP contribution in [0.5, 0.6) is 5.75 Å². The lowest BCUT2D eigenvalue weighted by Crippen LogP contribution is -2.41. The smallest absolute Gasteiger partial charge is 0.272 e. The molecule has 0 aliphatic carbocycles. The molecule has 0 radical (unpaired) electrons. The highest BCUT2D eigenvalue weighted by atomic mass is 16.5. The molecule has 2 aromatic heterocycles. The number of rotatable bonds is 4. The number of para-hydroxylation sites is 1. The van der Waals surface area contributed by atoms with E-state index in [0.717, 1.165) is 17.0 Å². The molecule has 3 heterocycles. The van der Waals surface area contributed by atoms with Crippen molar-refractivity contribution in [2.75, 3.05) is 13.7 Å².